The van der Waals surface area contributed by atoms with Gasteiger partial charge in [-0.3, -0.25) is 4.79 Å². The molecule has 0 aromatic heterocycles. The fraction of sp³-hybridized carbons (Fsp3) is 0.478. The van der Waals surface area contributed by atoms with Crippen molar-refractivity contribution in [1.29, 1.82) is 5.26 Å². The summed E-state index contributed by atoms with van der Waals surface area (Å²) in [5.41, 5.74) is 1.40. The van der Waals surface area contributed by atoms with Crippen molar-refractivity contribution >= 4 is 15.9 Å². The minimum atomic E-state index is -3.71. The van der Waals surface area contributed by atoms with Crippen LogP contribution in [0.2, 0.25) is 0 Å². The maximum absolute atomic E-state index is 12.7. The zero-order valence-electron chi connectivity index (χ0n) is 17.7. The molecule has 7 heteroatoms. The predicted octanol–water partition coefficient (Wildman–Crippen LogP) is 2.83. The van der Waals surface area contributed by atoms with Crippen molar-refractivity contribution in [1.82, 2.24) is 10.0 Å². The third-order valence-electron chi connectivity index (χ3n) is 5.69. The van der Waals surface area contributed by atoms with Crippen molar-refractivity contribution in [2.75, 3.05) is 13.1 Å². The Hall–Kier alpha value is -2.61. The summed E-state index contributed by atoms with van der Waals surface area (Å²) in [7, 11) is -3.71. The van der Waals surface area contributed by atoms with Crippen molar-refractivity contribution < 1.29 is 13.2 Å². The van der Waals surface area contributed by atoms with Gasteiger partial charge in [-0.25, -0.2) is 13.1 Å². The molecule has 0 radical (unpaired) electrons. The first-order valence-electron chi connectivity index (χ1n) is 10.1. The number of terminal acetylenes is 1. The summed E-state index contributed by atoms with van der Waals surface area (Å²) in [5, 5.41) is 11.7. The van der Waals surface area contributed by atoms with Crippen LogP contribution in [-0.4, -0.2) is 27.4 Å². The lowest BCUT2D eigenvalue weighted by atomic mass is 9.70. The molecule has 0 saturated carbocycles. The summed E-state index contributed by atoms with van der Waals surface area (Å²) in [5.74, 6) is 3.07. The first-order chi connectivity index (χ1) is 14.2. The predicted molar refractivity (Wildman–Crippen MR) is 116 cm³/mol. The fourth-order valence-electron chi connectivity index (χ4n) is 3.98. The highest BCUT2D eigenvalue weighted by Gasteiger charge is 2.33. The number of allylic oxidation sites excluding steroid dienone is 1. The molecule has 1 aromatic carbocycles. The number of carbonyl (C=O) groups is 1. The van der Waals surface area contributed by atoms with Crippen molar-refractivity contribution in [2.24, 2.45) is 23.7 Å². The molecule has 0 fully saturated rings. The molecular weight excluding hydrogens is 398 g/mol. The molecule has 0 bridgehead atoms. The number of sulfonamides is 1. The second-order valence-electron chi connectivity index (χ2n) is 8.09. The molecule has 2 rings (SSSR count). The summed E-state index contributed by atoms with van der Waals surface area (Å²) >= 11 is 0. The molecule has 1 aliphatic carbocycles. The van der Waals surface area contributed by atoms with Crippen molar-refractivity contribution in [2.45, 2.75) is 38.5 Å². The van der Waals surface area contributed by atoms with Gasteiger partial charge in [0.1, 0.15) is 0 Å². The van der Waals surface area contributed by atoms with E-state index in [1.165, 1.54) is 12.1 Å². The lowest BCUT2D eigenvalue weighted by Crippen LogP contribution is -2.37. The van der Waals surface area contributed by atoms with Gasteiger partial charge >= 0.3 is 0 Å². The van der Waals surface area contributed by atoms with Crippen molar-refractivity contribution in [3.05, 3.63) is 41.5 Å². The van der Waals surface area contributed by atoms with Crippen LogP contribution in [0.4, 0.5) is 0 Å². The smallest absolute Gasteiger partial charge is 0.240 e. The molecule has 0 saturated heterocycles. The molecule has 2 N–H and O–H groups in total. The topological polar surface area (TPSA) is 99.1 Å². The minimum Gasteiger partial charge on any atom is -0.345 e. The molecule has 30 heavy (non-hydrogen) atoms. The normalized spacial score (nSPS) is 21.4. The average molecular weight is 428 g/mol. The number of amides is 1. The monoisotopic (exact) mass is 427 g/mol. The Morgan fingerprint density at radius 3 is 2.73 bits per heavy atom. The number of hydrogen-bond donors (Lipinski definition) is 2. The first kappa shape index (κ1) is 23.7. The number of nitriles is 1. The van der Waals surface area contributed by atoms with Crippen LogP contribution in [0.3, 0.4) is 0 Å². The standard InChI is InChI=1S/C23H29N3O3S/c1-5-9-25-23(27)13-19-12-22(16(2)3)20(10-17(19)4)15-26-30(28,29)21-8-6-7-18(11-21)14-24/h1,6-8,10-11,16,19-20,22,26H,9,12-13,15H2,2-4H3,(H,25,27)/t19-,20-,22-/m0/s1. The van der Waals surface area contributed by atoms with Crippen molar-refractivity contribution in [3.8, 4) is 18.4 Å². The third-order valence-corrected chi connectivity index (χ3v) is 7.11. The van der Waals surface area contributed by atoms with Gasteiger partial charge < -0.3 is 5.32 Å². The Labute approximate surface area is 179 Å². The van der Waals surface area contributed by atoms with E-state index < -0.39 is 10.0 Å². The van der Waals surface area contributed by atoms with Gasteiger partial charge in [0.2, 0.25) is 15.9 Å². The SMILES string of the molecule is C#CCNC(=O)C[C@@H]1C[C@@H](C(C)C)[C@H](CNS(=O)(=O)c2cccc(C#N)c2)C=C1C. The Bertz CT molecular complexity index is 984. The molecule has 0 heterocycles. The molecule has 0 unspecified atom stereocenters. The molecule has 6 nitrogen and oxygen atoms in total. The molecule has 1 aliphatic rings. The largest absolute Gasteiger partial charge is 0.345 e. The van der Waals surface area contributed by atoms with Crippen LogP contribution in [0, 0.1) is 47.3 Å². The summed E-state index contributed by atoms with van der Waals surface area (Å²) in [6.07, 6.45) is 8.50. The first-order valence-corrected chi connectivity index (χ1v) is 11.5. The van der Waals surface area contributed by atoms with E-state index in [-0.39, 0.29) is 41.6 Å². The number of carbonyl (C=O) groups excluding carboxylic acids is 1. The lowest BCUT2D eigenvalue weighted by molar-refractivity contribution is -0.121. The average Bonchev–Trinajstić information content (AvgIpc) is 2.72. The summed E-state index contributed by atoms with van der Waals surface area (Å²) in [6.45, 7) is 6.72. The van der Waals surface area contributed by atoms with Crippen LogP contribution < -0.4 is 10.0 Å². The molecule has 1 aromatic rings. The number of benzene rings is 1. The van der Waals surface area contributed by atoms with Crippen LogP contribution in [0.5, 0.6) is 0 Å². The summed E-state index contributed by atoms with van der Waals surface area (Å²) < 4.78 is 28.1. The maximum atomic E-state index is 12.7. The van der Waals surface area contributed by atoms with Gasteiger partial charge in [-0.05, 0) is 55.2 Å². The zero-order chi connectivity index (χ0) is 22.3. The Morgan fingerprint density at radius 2 is 2.10 bits per heavy atom. The molecular formula is C23H29N3O3S. The van der Waals surface area contributed by atoms with Gasteiger partial charge in [-0.2, -0.15) is 5.26 Å². The van der Waals surface area contributed by atoms with E-state index in [0.717, 1.165) is 12.0 Å². The van der Waals surface area contributed by atoms with Crippen molar-refractivity contribution in [3.63, 3.8) is 0 Å². The van der Waals surface area contributed by atoms with E-state index in [2.05, 4.69) is 35.9 Å². The van der Waals surface area contributed by atoms with Gasteiger partial charge in [-0.1, -0.05) is 37.5 Å². The highest BCUT2D eigenvalue weighted by molar-refractivity contribution is 7.89. The van der Waals surface area contributed by atoms with E-state index in [1.807, 2.05) is 13.0 Å². The Morgan fingerprint density at radius 1 is 1.37 bits per heavy atom. The highest BCUT2D eigenvalue weighted by Crippen LogP contribution is 2.38. The highest BCUT2D eigenvalue weighted by atomic mass is 32.2. The second kappa shape index (κ2) is 10.4. The Kier molecular flexibility index (Phi) is 8.23. The molecule has 160 valence electrons. The van der Waals surface area contributed by atoms with Crippen LogP contribution in [0.15, 0.2) is 40.8 Å². The van der Waals surface area contributed by atoms with Gasteiger partial charge in [0, 0.05) is 13.0 Å². The zero-order valence-corrected chi connectivity index (χ0v) is 18.5. The van der Waals surface area contributed by atoms with Crippen LogP contribution in [0.25, 0.3) is 0 Å². The number of nitrogens with one attached hydrogen (secondary N) is 2. The van der Waals surface area contributed by atoms with E-state index in [9.17, 15) is 13.2 Å². The van der Waals surface area contributed by atoms with Crippen LogP contribution >= 0.6 is 0 Å². The van der Waals surface area contributed by atoms with Crippen LogP contribution in [0.1, 0.15) is 39.2 Å². The third kappa shape index (κ3) is 6.19. The van der Waals surface area contributed by atoms with Gasteiger partial charge in [0.05, 0.1) is 23.1 Å². The molecule has 0 spiro atoms. The summed E-state index contributed by atoms with van der Waals surface area (Å²) in [4.78, 5) is 12.2. The summed E-state index contributed by atoms with van der Waals surface area (Å²) in [6, 6.07) is 7.94. The molecule has 1 amide bonds. The number of nitrogens with zero attached hydrogens (tertiary/aromatic N) is 1. The maximum Gasteiger partial charge on any atom is 0.240 e. The quantitative estimate of drug-likeness (QED) is 0.492. The Balaban J connectivity index is 2.13. The van der Waals surface area contributed by atoms with E-state index >= 15 is 0 Å². The van der Waals surface area contributed by atoms with Gasteiger partial charge in [0.25, 0.3) is 0 Å². The van der Waals surface area contributed by atoms with Gasteiger partial charge in [0.15, 0.2) is 0 Å². The fourth-order valence-corrected chi connectivity index (χ4v) is 5.09. The van der Waals surface area contributed by atoms with E-state index in [0.29, 0.717) is 17.9 Å². The second-order valence-corrected chi connectivity index (χ2v) is 9.86. The lowest BCUT2D eigenvalue weighted by Gasteiger charge is -2.37. The number of hydrogen-bond acceptors (Lipinski definition) is 4. The molecule has 0 aliphatic heterocycles. The van der Waals surface area contributed by atoms with Gasteiger partial charge in [-0.15, -0.1) is 6.42 Å². The van der Waals surface area contributed by atoms with E-state index in [4.69, 9.17) is 11.7 Å². The minimum absolute atomic E-state index is 0.0314. The van der Waals surface area contributed by atoms with E-state index in [1.54, 1.807) is 12.1 Å². The van der Waals surface area contributed by atoms with Crippen LogP contribution in [-0.2, 0) is 14.8 Å². The number of rotatable bonds is 8. The molecule has 3 atom stereocenters.